The Morgan fingerprint density at radius 1 is 1.18 bits per heavy atom. The first-order chi connectivity index (χ1) is 13.1. The Morgan fingerprint density at radius 3 is 2.46 bits per heavy atom. The van der Waals surface area contributed by atoms with Crippen molar-refractivity contribution < 1.29 is 4.39 Å². The zero-order valence-electron chi connectivity index (χ0n) is 16.9. The number of aromatic nitrogens is 2. The molecule has 1 atom stereocenters. The predicted molar refractivity (Wildman–Crippen MR) is 112 cm³/mol. The molecule has 1 aliphatic heterocycles. The molecule has 0 radical (unpaired) electrons. The molecule has 0 aliphatic carbocycles. The Balaban J connectivity index is 1.76. The van der Waals surface area contributed by atoms with Crippen LogP contribution in [-0.2, 0) is 5.67 Å². The number of hydrogen-bond acceptors (Lipinski definition) is 4. The van der Waals surface area contributed by atoms with Crippen molar-refractivity contribution in [1.82, 2.24) is 15.3 Å². The molecular formula is C23H27FN4. The molecule has 2 N–H and O–H groups in total. The van der Waals surface area contributed by atoms with Gasteiger partial charge < -0.3 is 10.6 Å². The highest BCUT2D eigenvalue weighted by atomic mass is 19.1. The standard InChI is InChI=1S/C23H27FN4/c1-14-7-10-21(26-12-14)28-17(4)22-15(2)11-19(27-16(22)3)18-8-9-20(25-13-18)23(5,6)24/h7-10,12-13,19,27H,3-4,11H2,1-2,5-6H3,(H,26,28). The van der Waals surface area contributed by atoms with Crippen LogP contribution in [0.1, 0.15) is 50.1 Å². The topological polar surface area (TPSA) is 49.8 Å². The minimum Gasteiger partial charge on any atom is -0.378 e. The first-order valence-corrected chi connectivity index (χ1v) is 9.35. The number of aryl methyl sites for hydroxylation is 1. The monoisotopic (exact) mass is 378 g/mol. The van der Waals surface area contributed by atoms with Gasteiger partial charge in [-0.2, -0.15) is 0 Å². The summed E-state index contributed by atoms with van der Waals surface area (Å²) in [5.41, 5.74) is 4.81. The lowest BCUT2D eigenvalue weighted by molar-refractivity contribution is 0.214. The highest BCUT2D eigenvalue weighted by Crippen LogP contribution is 2.34. The van der Waals surface area contributed by atoms with Crippen molar-refractivity contribution in [2.45, 2.75) is 45.8 Å². The lowest BCUT2D eigenvalue weighted by atomic mass is 9.90. The van der Waals surface area contributed by atoms with Crippen molar-refractivity contribution in [2.24, 2.45) is 0 Å². The molecule has 0 fully saturated rings. The van der Waals surface area contributed by atoms with E-state index in [1.807, 2.05) is 31.3 Å². The summed E-state index contributed by atoms with van der Waals surface area (Å²) in [6.07, 6.45) is 4.34. The number of alkyl halides is 1. The Morgan fingerprint density at radius 2 is 1.93 bits per heavy atom. The van der Waals surface area contributed by atoms with Crippen molar-refractivity contribution in [3.63, 3.8) is 0 Å². The van der Waals surface area contributed by atoms with Gasteiger partial charge in [-0.05, 0) is 57.4 Å². The van der Waals surface area contributed by atoms with Crippen molar-refractivity contribution in [1.29, 1.82) is 0 Å². The molecule has 1 aliphatic rings. The molecule has 146 valence electrons. The van der Waals surface area contributed by atoms with Crippen LogP contribution in [0.2, 0.25) is 0 Å². The fourth-order valence-corrected chi connectivity index (χ4v) is 3.36. The third kappa shape index (κ3) is 4.30. The lowest BCUT2D eigenvalue weighted by Crippen LogP contribution is -2.28. The number of rotatable bonds is 5. The second kappa shape index (κ2) is 7.58. The van der Waals surface area contributed by atoms with Crippen molar-refractivity contribution in [2.75, 3.05) is 5.32 Å². The van der Waals surface area contributed by atoms with Crippen LogP contribution in [0.5, 0.6) is 0 Å². The van der Waals surface area contributed by atoms with Crippen LogP contribution in [0, 0.1) is 6.92 Å². The van der Waals surface area contributed by atoms with Gasteiger partial charge in [-0.3, -0.25) is 4.98 Å². The number of halogens is 1. The summed E-state index contributed by atoms with van der Waals surface area (Å²) in [7, 11) is 0. The molecular weight excluding hydrogens is 351 g/mol. The third-order valence-electron chi connectivity index (χ3n) is 4.88. The fraction of sp³-hybridized carbons (Fsp3) is 0.304. The minimum absolute atomic E-state index is 0.0471. The van der Waals surface area contributed by atoms with Crippen LogP contribution < -0.4 is 10.6 Å². The van der Waals surface area contributed by atoms with Crippen molar-refractivity contribution >= 4 is 5.82 Å². The summed E-state index contributed by atoms with van der Waals surface area (Å²) in [4.78, 5) is 8.66. The molecule has 3 heterocycles. The van der Waals surface area contributed by atoms with Crippen LogP contribution in [0.4, 0.5) is 10.2 Å². The van der Waals surface area contributed by atoms with Gasteiger partial charge in [-0.25, -0.2) is 9.37 Å². The minimum atomic E-state index is -1.45. The highest BCUT2D eigenvalue weighted by Gasteiger charge is 2.25. The SMILES string of the molecule is C=C(Nc1ccc(C)cn1)C1=C(C)CC(c2ccc(C(C)(C)F)nc2)NC1=C. The van der Waals surface area contributed by atoms with E-state index in [0.29, 0.717) is 5.69 Å². The Kier molecular flexibility index (Phi) is 5.36. The quantitative estimate of drug-likeness (QED) is 0.723. The number of anilines is 1. The van der Waals surface area contributed by atoms with Gasteiger partial charge >= 0.3 is 0 Å². The predicted octanol–water partition coefficient (Wildman–Crippen LogP) is 5.48. The number of nitrogens with one attached hydrogen (secondary N) is 2. The Hall–Kier alpha value is -2.95. The molecule has 2 aromatic rings. The second-order valence-electron chi connectivity index (χ2n) is 7.81. The molecule has 0 saturated carbocycles. The van der Waals surface area contributed by atoms with Gasteiger partial charge in [0.15, 0.2) is 0 Å². The van der Waals surface area contributed by atoms with E-state index in [4.69, 9.17) is 0 Å². The molecule has 0 aromatic carbocycles. The van der Waals surface area contributed by atoms with Gasteiger partial charge in [0.05, 0.1) is 11.7 Å². The van der Waals surface area contributed by atoms with Crippen LogP contribution >= 0.6 is 0 Å². The van der Waals surface area contributed by atoms with E-state index < -0.39 is 5.67 Å². The smallest absolute Gasteiger partial charge is 0.147 e. The number of nitrogens with zero attached hydrogens (tertiary/aromatic N) is 2. The number of pyridine rings is 2. The molecule has 5 heteroatoms. The van der Waals surface area contributed by atoms with Gasteiger partial charge in [0.2, 0.25) is 0 Å². The summed E-state index contributed by atoms with van der Waals surface area (Å²) in [5, 5.41) is 6.70. The maximum Gasteiger partial charge on any atom is 0.147 e. The highest BCUT2D eigenvalue weighted by molar-refractivity contribution is 5.56. The van der Waals surface area contributed by atoms with Crippen LogP contribution in [0.3, 0.4) is 0 Å². The maximum absolute atomic E-state index is 14.0. The van der Waals surface area contributed by atoms with Crippen LogP contribution in [-0.4, -0.2) is 9.97 Å². The maximum atomic E-state index is 14.0. The lowest BCUT2D eigenvalue weighted by Gasteiger charge is -2.31. The first-order valence-electron chi connectivity index (χ1n) is 9.35. The molecule has 0 amide bonds. The molecule has 28 heavy (non-hydrogen) atoms. The summed E-state index contributed by atoms with van der Waals surface area (Å²) in [6, 6.07) is 7.65. The van der Waals surface area contributed by atoms with Gasteiger partial charge in [0, 0.05) is 29.4 Å². The summed E-state index contributed by atoms with van der Waals surface area (Å²) < 4.78 is 14.0. The normalized spacial score (nSPS) is 17.3. The largest absolute Gasteiger partial charge is 0.378 e. The van der Waals surface area contributed by atoms with E-state index in [-0.39, 0.29) is 6.04 Å². The van der Waals surface area contributed by atoms with Crippen molar-refractivity contribution in [3.05, 3.63) is 89.2 Å². The average molecular weight is 378 g/mol. The van der Waals surface area contributed by atoms with Gasteiger partial charge in [0.1, 0.15) is 11.5 Å². The van der Waals surface area contributed by atoms with Crippen LogP contribution in [0.15, 0.2) is 72.4 Å². The van der Waals surface area contributed by atoms with Gasteiger partial charge in [-0.15, -0.1) is 0 Å². The number of hydrogen-bond donors (Lipinski definition) is 2. The molecule has 3 rings (SSSR count). The molecule has 4 nitrogen and oxygen atoms in total. The molecule has 0 saturated heterocycles. The molecule has 0 bridgehead atoms. The molecule has 0 spiro atoms. The molecule has 2 aromatic heterocycles. The summed E-state index contributed by atoms with van der Waals surface area (Å²) in [5.74, 6) is 0.749. The Bertz CT molecular complexity index is 919. The fourth-order valence-electron chi connectivity index (χ4n) is 3.36. The van der Waals surface area contributed by atoms with Gasteiger partial charge in [0.25, 0.3) is 0 Å². The van der Waals surface area contributed by atoms with E-state index in [1.165, 1.54) is 19.4 Å². The van der Waals surface area contributed by atoms with Crippen LogP contribution in [0.25, 0.3) is 0 Å². The van der Waals surface area contributed by atoms with E-state index in [1.54, 1.807) is 12.3 Å². The van der Waals surface area contributed by atoms with E-state index in [0.717, 1.165) is 40.3 Å². The van der Waals surface area contributed by atoms with Crippen molar-refractivity contribution in [3.8, 4) is 0 Å². The van der Waals surface area contributed by atoms with E-state index in [9.17, 15) is 4.39 Å². The zero-order chi connectivity index (χ0) is 20.5. The third-order valence-corrected chi connectivity index (χ3v) is 4.88. The van der Waals surface area contributed by atoms with E-state index >= 15 is 0 Å². The van der Waals surface area contributed by atoms with E-state index in [2.05, 4.69) is 40.7 Å². The Labute approximate surface area is 166 Å². The summed E-state index contributed by atoms with van der Waals surface area (Å²) >= 11 is 0. The average Bonchev–Trinajstić information content (AvgIpc) is 2.62. The first kappa shape index (κ1) is 19.8. The van der Waals surface area contributed by atoms with Gasteiger partial charge in [-0.1, -0.05) is 30.9 Å². The second-order valence-corrected chi connectivity index (χ2v) is 7.81. The zero-order valence-corrected chi connectivity index (χ0v) is 16.9. The molecule has 1 unspecified atom stereocenters. The summed E-state index contributed by atoms with van der Waals surface area (Å²) in [6.45, 7) is 15.5.